The zero-order chi connectivity index (χ0) is 15.2. The molecule has 0 saturated heterocycles. The third kappa shape index (κ3) is 3.91. The Balaban J connectivity index is 2.18. The summed E-state index contributed by atoms with van der Waals surface area (Å²) in [4.78, 5) is 16.2. The molecule has 0 spiro atoms. The highest BCUT2D eigenvalue weighted by molar-refractivity contribution is 6.04. The van der Waals surface area contributed by atoms with Crippen LogP contribution in [-0.4, -0.2) is 22.6 Å². The average molecular weight is 280 g/mol. The van der Waals surface area contributed by atoms with Crippen molar-refractivity contribution in [2.45, 2.75) is 13.8 Å². The molecule has 4 nitrogen and oxygen atoms in total. The molecule has 106 valence electrons. The van der Waals surface area contributed by atoms with Gasteiger partial charge in [-0.05, 0) is 43.2 Å². The molecule has 4 heteroatoms. The molecule has 1 heterocycles. The molecule has 21 heavy (non-hydrogen) atoms. The minimum atomic E-state index is -0.238. The second-order valence-electron chi connectivity index (χ2n) is 4.68. The molecule has 2 N–H and O–H groups in total. The van der Waals surface area contributed by atoms with Crippen LogP contribution in [0.15, 0.2) is 36.7 Å². The fourth-order valence-corrected chi connectivity index (χ4v) is 1.80. The molecule has 0 fully saturated rings. The number of benzene rings is 1. The summed E-state index contributed by atoms with van der Waals surface area (Å²) in [7, 11) is 0. The highest BCUT2D eigenvalue weighted by Crippen LogP contribution is 2.15. The fraction of sp³-hybridized carbons (Fsp3) is 0.176. The van der Waals surface area contributed by atoms with E-state index in [1.165, 1.54) is 11.8 Å². The van der Waals surface area contributed by atoms with Gasteiger partial charge in [0, 0.05) is 23.6 Å². The Morgan fingerprint density at radius 3 is 2.76 bits per heavy atom. The number of nitrogens with zero attached hydrogens (tertiary/aromatic N) is 1. The average Bonchev–Trinajstić information content (AvgIpc) is 2.49. The van der Waals surface area contributed by atoms with Crippen molar-refractivity contribution in [3.8, 4) is 11.8 Å². The highest BCUT2D eigenvalue weighted by Gasteiger charge is 2.07. The number of aliphatic hydroxyl groups excluding tert-OH is 1. The van der Waals surface area contributed by atoms with Crippen LogP contribution in [0.4, 0.5) is 5.69 Å². The van der Waals surface area contributed by atoms with E-state index in [0.717, 1.165) is 11.3 Å². The number of aliphatic hydroxyl groups is 1. The standard InChI is InChI=1S/C17H16N2O2/c1-12-5-6-16(8-13(12)2)19-17(21)15-9-14(4-3-7-20)10-18-11-15/h5-6,8-11,20H,7H2,1-2H3,(H,19,21). The quantitative estimate of drug-likeness (QED) is 0.830. The van der Waals surface area contributed by atoms with Gasteiger partial charge < -0.3 is 10.4 Å². The van der Waals surface area contributed by atoms with Gasteiger partial charge in [0.05, 0.1) is 5.56 Å². The van der Waals surface area contributed by atoms with Crippen LogP contribution in [-0.2, 0) is 0 Å². The summed E-state index contributed by atoms with van der Waals surface area (Å²) in [5.41, 5.74) is 4.06. The maximum absolute atomic E-state index is 12.2. The first kappa shape index (κ1) is 14.8. The van der Waals surface area contributed by atoms with Crippen LogP contribution >= 0.6 is 0 Å². The first-order valence-corrected chi connectivity index (χ1v) is 6.53. The van der Waals surface area contributed by atoms with Crippen LogP contribution in [0.3, 0.4) is 0 Å². The first-order chi connectivity index (χ1) is 10.1. The van der Waals surface area contributed by atoms with Gasteiger partial charge in [0.1, 0.15) is 6.61 Å². The van der Waals surface area contributed by atoms with Gasteiger partial charge in [-0.15, -0.1) is 0 Å². The molecular formula is C17H16N2O2. The summed E-state index contributed by atoms with van der Waals surface area (Å²) < 4.78 is 0. The van der Waals surface area contributed by atoms with Crippen LogP contribution in [0.25, 0.3) is 0 Å². The molecule has 0 unspecified atom stereocenters. The van der Waals surface area contributed by atoms with Gasteiger partial charge in [0.2, 0.25) is 0 Å². The Hall–Kier alpha value is -2.64. The van der Waals surface area contributed by atoms with Crippen molar-refractivity contribution in [3.05, 3.63) is 58.9 Å². The smallest absolute Gasteiger partial charge is 0.257 e. The van der Waals surface area contributed by atoms with E-state index in [-0.39, 0.29) is 12.5 Å². The summed E-state index contributed by atoms with van der Waals surface area (Å²) in [6.45, 7) is 3.80. The number of aryl methyl sites for hydroxylation is 2. The van der Waals surface area contributed by atoms with Crippen LogP contribution < -0.4 is 5.32 Å². The maximum atomic E-state index is 12.2. The van der Waals surface area contributed by atoms with E-state index in [9.17, 15) is 4.79 Å². The van der Waals surface area contributed by atoms with Gasteiger partial charge in [0.25, 0.3) is 5.91 Å². The Morgan fingerprint density at radius 1 is 1.24 bits per heavy atom. The van der Waals surface area contributed by atoms with Crippen molar-refractivity contribution >= 4 is 11.6 Å². The summed E-state index contributed by atoms with van der Waals surface area (Å²) >= 11 is 0. The largest absolute Gasteiger partial charge is 0.384 e. The summed E-state index contributed by atoms with van der Waals surface area (Å²) in [6, 6.07) is 7.40. The number of amides is 1. The summed E-state index contributed by atoms with van der Waals surface area (Å²) in [6.07, 6.45) is 3.04. The molecule has 0 radical (unpaired) electrons. The van der Waals surface area contributed by atoms with Crippen LogP contribution in [0.1, 0.15) is 27.0 Å². The van der Waals surface area contributed by atoms with Gasteiger partial charge in [-0.2, -0.15) is 0 Å². The van der Waals surface area contributed by atoms with Crippen molar-refractivity contribution in [2.24, 2.45) is 0 Å². The maximum Gasteiger partial charge on any atom is 0.257 e. The van der Waals surface area contributed by atoms with Gasteiger partial charge in [-0.3, -0.25) is 9.78 Å². The van der Waals surface area contributed by atoms with Crippen LogP contribution in [0, 0.1) is 25.7 Å². The lowest BCUT2D eigenvalue weighted by Crippen LogP contribution is -2.12. The van der Waals surface area contributed by atoms with E-state index in [0.29, 0.717) is 11.1 Å². The van der Waals surface area contributed by atoms with E-state index in [1.54, 1.807) is 12.3 Å². The number of carbonyl (C=O) groups is 1. The predicted octanol–water partition coefficient (Wildman–Crippen LogP) is 2.29. The van der Waals surface area contributed by atoms with E-state index in [4.69, 9.17) is 5.11 Å². The summed E-state index contributed by atoms with van der Waals surface area (Å²) in [5, 5.41) is 11.5. The number of nitrogens with one attached hydrogen (secondary N) is 1. The predicted molar refractivity (Wildman–Crippen MR) is 82.1 cm³/mol. The van der Waals surface area contributed by atoms with Gasteiger partial charge in [-0.1, -0.05) is 17.9 Å². The first-order valence-electron chi connectivity index (χ1n) is 6.53. The third-order valence-electron chi connectivity index (χ3n) is 3.08. The number of hydrogen-bond donors (Lipinski definition) is 2. The molecule has 0 aliphatic rings. The molecule has 0 saturated carbocycles. The SMILES string of the molecule is Cc1ccc(NC(=O)c2cncc(C#CCO)c2)cc1C. The molecule has 2 aromatic rings. The summed E-state index contributed by atoms with van der Waals surface area (Å²) in [5.74, 6) is 5.02. The number of pyridine rings is 1. The lowest BCUT2D eigenvalue weighted by molar-refractivity contribution is 0.102. The Morgan fingerprint density at radius 2 is 2.05 bits per heavy atom. The second-order valence-corrected chi connectivity index (χ2v) is 4.68. The minimum absolute atomic E-state index is 0.223. The molecule has 0 bridgehead atoms. The van der Waals surface area contributed by atoms with Gasteiger partial charge in [-0.25, -0.2) is 0 Å². The molecule has 2 rings (SSSR count). The Bertz CT molecular complexity index is 727. The van der Waals surface area contributed by atoms with Crippen LogP contribution in [0.2, 0.25) is 0 Å². The molecule has 1 aromatic carbocycles. The second kappa shape index (κ2) is 6.69. The zero-order valence-electron chi connectivity index (χ0n) is 12.0. The monoisotopic (exact) mass is 280 g/mol. The molecule has 1 aromatic heterocycles. The van der Waals surface area contributed by atoms with Crippen molar-refractivity contribution < 1.29 is 9.90 Å². The van der Waals surface area contributed by atoms with Crippen molar-refractivity contribution in [1.82, 2.24) is 4.98 Å². The lowest BCUT2D eigenvalue weighted by atomic mass is 10.1. The Kier molecular flexibility index (Phi) is 4.70. The topological polar surface area (TPSA) is 62.2 Å². The van der Waals surface area contributed by atoms with Crippen molar-refractivity contribution in [1.29, 1.82) is 0 Å². The zero-order valence-corrected chi connectivity index (χ0v) is 12.0. The lowest BCUT2D eigenvalue weighted by Gasteiger charge is -2.07. The molecule has 1 amide bonds. The minimum Gasteiger partial charge on any atom is -0.384 e. The van der Waals surface area contributed by atoms with Gasteiger partial charge in [0.15, 0.2) is 0 Å². The van der Waals surface area contributed by atoms with E-state index in [1.807, 2.05) is 32.0 Å². The van der Waals surface area contributed by atoms with Crippen molar-refractivity contribution in [2.75, 3.05) is 11.9 Å². The number of carbonyl (C=O) groups excluding carboxylic acids is 1. The van der Waals surface area contributed by atoms with E-state index >= 15 is 0 Å². The van der Waals surface area contributed by atoms with Gasteiger partial charge >= 0.3 is 0 Å². The number of hydrogen-bond acceptors (Lipinski definition) is 3. The number of rotatable bonds is 2. The Labute approximate surface area is 123 Å². The molecular weight excluding hydrogens is 264 g/mol. The number of aromatic nitrogens is 1. The van der Waals surface area contributed by atoms with E-state index in [2.05, 4.69) is 22.1 Å². The molecule has 0 aliphatic carbocycles. The highest BCUT2D eigenvalue weighted by atomic mass is 16.2. The van der Waals surface area contributed by atoms with Crippen LogP contribution in [0.5, 0.6) is 0 Å². The van der Waals surface area contributed by atoms with Crippen molar-refractivity contribution in [3.63, 3.8) is 0 Å². The fourth-order valence-electron chi connectivity index (χ4n) is 1.80. The molecule has 0 aliphatic heterocycles. The van der Waals surface area contributed by atoms with E-state index < -0.39 is 0 Å². The normalized spacial score (nSPS) is 9.67. The third-order valence-corrected chi connectivity index (χ3v) is 3.08. The molecule has 0 atom stereocenters. The number of anilines is 1.